The summed E-state index contributed by atoms with van der Waals surface area (Å²) in [7, 11) is 0.827. The third-order valence-electron chi connectivity index (χ3n) is 4.87. The normalized spacial score (nSPS) is 14.0. The van der Waals surface area contributed by atoms with Gasteiger partial charge in [-0.2, -0.15) is 0 Å². The molecule has 0 unspecified atom stereocenters. The van der Waals surface area contributed by atoms with Gasteiger partial charge < -0.3 is 10.1 Å². The van der Waals surface area contributed by atoms with Crippen molar-refractivity contribution in [2.45, 2.75) is 52.4 Å². The molecule has 2 atom stereocenters. The second-order valence-corrected chi connectivity index (χ2v) is 12.9. The molecule has 1 rings (SSSR count). The highest BCUT2D eigenvalue weighted by Gasteiger charge is 2.38. The van der Waals surface area contributed by atoms with Crippen molar-refractivity contribution in [2.75, 3.05) is 14.2 Å². The van der Waals surface area contributed by atoms with Crippen molar-refractivity contribution in [1.29, 1.82) is 0 Å². The number of amides is 2. The first-order chi connectivity index (χ1) is 12.8. The molecule has 1 N–H and O–H groups in total. The number of hydrogen-bond donors (Lipinski definition) is 1. The topological polar surface area (TPSA) is 67.9 Å². The van der Waals surface area contributed by atoms with Gasteiger partial charge in [-0.25, -0.2) is 9.86 Å². The zero-order chi connectivity index (χ0) is 21.7. The van der Waals surface area contributed by atoms with Crippen LogP contribution in [-0.4, -0.2) is 50.9 Å². The van der Waals surface area contributed by atoms with Crippen LogP contribution in [0.5, 0.6) is 0 Å². The fourth-order valence-corrected chi connectivity index (χ4v) is 5.63. The van der Waals surface area contributed by atoms with Gasteiger partial charge in [0.15, 0.2) is 0 Å². The van der Waals surface area contributed by atoms with E-state index in [1.807, 2.05) is 25.1 Å². The Morgan fingerprint density at radius 2 is 1.71 bits per heavy atom. The number of likely N-dealkylation sites (N-methyl/N-ethyl adjacent to an activating group) is 1. The van der Waals surface area contributed by atoms with Crippen molar-refractivity contribution in [3.8, 4) is 0 Å². The molecule has 0 heterocycles. The minimum absolute atomic E-state index is 0.306. The van der Waals surface area contributed by atoms with Crippen LogP contribution in [0.15, 0.2) is 42.1 Å². The summed E-state index contributed by atoms with van der Waals surface area (Å²) < 4.78 is 5.35. The molecule has 2 amide bonds. The molecule has 0 aromatic heterocycles. The van der Waals surface area contributed by atoms with Crippen LogP contribution < -0.4 is 10.5 Å². The van der Waals surface area contributed by atoms with E-state index < -0.39 is 25.8 Å². The lowest BCUT2D eigenvalue weighted by atomic mass is 10.0. The van der Waals surface area contributed by atoms with E-state index in [0.29, 0.717) is 0 Å². The number of carbonyl (C=O) groups is 2. The lowest BCUT2D eigenvalue weighted by molar-refractivity contribution is -0.171. The first kappa shape index (κ1) is 23.9. The van der Waals surface area contributed by atoms with Crippen molar-refractivity contribution in [2.24, 2.45) is 5.92 Å². The van der Waals surface area contributed by atoms with Crippen molar-refractivity contribution in [3.05, 3.63) is 42.1 Å². The second kappa shape index (κ2) is 9.38. The molecule has 0 spiro atoms. The summed E-state index contributed by atoms with van der Waals surface area (Å²) in [4.78, 5) is 30.3. The Kier molecular flexibility index (Phi) is 8.01. The van der Waals surface area contributed by atoms with E-state index in [-0.39, 0.29) is 11.8 Å². The molecule has 0 aliphatic rings. The van der Waals surface area contributed by atoms with E-state index in [2.05, 4.69) is 37.1 Å². The fraction of sp³-hybridized carbons (Fsp3) is 0.524. The number of hydroxylamine groups is 2. The minimum atomic E-state index is -2.10. The van der Waals surface area contributed by atoms with Crippen molar-refractivity contribution in [3.63, 3.8) is 0 Å². The summed E-state index contributed by atoms with van der Waals surface area (Å²) in [6.45, 7) is 15.9. The molecule has 0 bridgehead atoms. The van der Waals surface area contributed by atoms with Crippen molar-refractivity contribution in [1.82, 2.24) is 10.4 Å². The van der Waals surface area contributed by atoms with Gasteiger partial charge in [0.1, 0.15) is 19.7 Å². The van der Waals surface area contributed by atoms with Gasteiger partial charge in [-0.05, 0) is 20.8 Å². The Morgan fingerprint density at radius 3 is 2.18 bits per heavy atom. The predicted molar refractivity (Wildman–Crippen MR) is 115 cm³/mol. The highest BCUT2D eigenvalue weighted by atomic mass is 28.3. The highest BCUT2D eigenvalue weighted by molar-refractivity contribution is 6.95. The number of carbonyl (C=O) groups excluding carboxylic acids is 2. The maximum atomic E-state index is 12.9. The number of nitrogens with zero attached hydrogens (tertiary/aromatic N) is 1. The lowest BCUT2D eigenvalue weighted by Gasteiger charge is -2.35. The van der Waals surface area contributed by atoms with Gasteiger partial charge in [-0.1, -0.05) is 60.7 Å². The first-order valence-corrected chi connectivity index (χ1v) is 12.4. The van der Waals surface area contributed by atoms with Crippen LogP contribution in [0.4, 0.5) is 4.79 Å². The zero-order valence-corrected chi connectivity index (χ0v) is 19.3. The molecular formula is C21H34N2O4Si. The van der Waals surface area contributed by atoms with Crippen molar-refractivity contribution < 1.29 is 19.2 Å². The Balaban J connectivity index is 3.16. The standard InChI is InChI=1S/C21H34N2O4Si/c1-15(16(2)28(8,9)17-13-11-10-12-14-17)18(19(24)23(6)26-7)22-20(25)27-21(3,4)5/h10-15,18H,2H2,1,3-9H3,(H,22,25)/t15-,18-/m0/s1. The van der Waals surface area contributed by atoms with Crippen LogP contribution in [-0.2, 0) is 14.4 Å². The molecule has 1 aromatic rings. The van der Waals surface area contributed by atoms with Crippen LogP contribution in [0.2, 0.25) is 13.1 Å². The van der Waals surface area contributed by atoms with Crippen molar-refractivity contribution >= 4 is 25.3 Å². The third kappa shape index (κ3) is 6.20. The number of rotatable bonds is 7. The average Bonchev–Trinajstić information content (AvgIpc) is 2.62. The molecule has 0 saturated carbocycles. The Labute approximate surface area is 169 Å². The Morgan fingerprint density at radius 1 is 1.18 bits per heavy atom. The van der Waals surface area contributed by atoms with Crippen LogP contribution in [0, 0.1) is 5.92 Å². The second-order valence-electron chi connectivity index (χ2n) is 8.45. The van der Waals surface area contributed by atoms with E-state index in [1.165, 1.54) is 19.3 Å². The monoisotopic (exact) mass is 406 g/mol. The largest absolute Gasteiger partial charge is 0.444 e. The molecule has 0 aliphatic heterocycles. The summed E-state index contributed by atoms with van der Waals surface area (Å²) in [5, 5.41) is 6.01. The minimum Gasteiger partial charge on any atom is -0.444 e. The van der Waals surface area contributed by atoms with Gasteiger partial charge >= 0.3 is 6.09 Å². The average molecular weight is 407 g/mol. The predicted octanol–water partition coefficient (Wildman–Crippen LogP) is 3.25. The van der Waals surface area contributed by atoms with E-state index in [0.717, 1.165) is 10.3 Å². The fourth-order valence-electron chi connectivity index (χ4n) is 2.93. The highest BCUT2D eigenvalue weighted by Crippen LogP contribution is 2.25. The quantitative estimate of drug-likeness (QED) is 0.557. The summed E-state index contributed by atoms with van der Waals surface area (Å²) in [6.07, 6.45) is -0.644. The van der Waals surface area contributed by atoms with Gasteiger partial charge in [-0.15, -0.1) is 6.58 Å². The molecule has 1 aromatic carbocycles. The van der Waals surface area contributed by atoms with Crippen LogP contribution in [0.1, 0.15) is 27.7 Å². The molecule has 7 heteroatoms. The molecule has 0 aliphatic carbocycles. The Hall–Kier alpha value is -2.12. The molecule has 0 radical (unpaired) electrons. The van der Waals surface area contributed by atoms with Gasteiger partial charge in [0.2, 0.25) is 0 Å². The summed E-state index contributed by atoms with van der Waals surface area (Å²) in [5.41, 5.74) is -0.664. The van der Waals surface area contributed by atoms with E-state index in [9.17, 15) is 9.59 Å². The summed E-state index contributed by atoms with van der Waals surface area (Å²) in [5.74, 6) is -0.667. The van der Waals surface area contributed by atoms with Gasteiger partial charge in [0, 0.05) is 13.0 Å². The van der Waals surface area contributed by atoms with E-state index in [1.54, 1.807) is 20.8 Å². The van der Waals surface area contributed by atoms with Gasteiger partial charge in [0.05, 0.1) is 7.11 Å². The van der Waals surface area contributed by atoms with Crippen LogP contribution in [0.3, 0.4) is 0 Å². The van der Waals surface area contributed by atoms with Crippen LogP contribution in [0.25, 0.3) is 0 Å². The maximum Gasteiger partial charge on any atom is 0.408 e. The summed E-state index contributed by atoms with van der Waals surface area (Å²) >= 11 is 0. The number of ether oxygens (including phenoxy) is 1. The smallest absolute Gasteiger partial charge is 0.408 e. The number of nitrogens with one attached hydrogen (secondary N) is 1. The number of benzene rings is 1. The molecule has 0 fully saturated rings. The number of alkyl carbamates (subject to hydrolysis) is 1. The van der Waals surface area contributed by atoms with Gasteiger partial charge in [0.25, 0.3) is 5.91 Å². The molecule has 28 heavy (non-hydrogen) atoms. The van der Waals surface area contributed by atoms with Crippen LogP contribution >= 0.6 is 0 Å². The third-order valence-corrected chi connectivity index (χ3v) is 8.71. The lowest BCUT2D eigenvalue weighted by Crippen LogP contribution is -2.55. The molecular weight excluding hydrogens is 372 g/mol. The Bertz CT molecular complexity index is 698. The summed E-state index contributed by atoms with van der Waals surface area (Å²) in [6, 6.07) is 9.31. The SMILES string of the molecule is C=C([C@H](C)[C@H](NC(=O)OC(C)(C)C)C(=O)N(C)OC)[Si](C)(C)c1ccccc1. The first-order valence-electron chi connectivity index (χ1n) is 9.37. The molecule has 6 nitrogen and oxygen atoms in total. The number of hydrogen-bond acceptors (Lipinski definition) is 4. The van der Waals surface area contributed by atoms with Gasteiger partial charge in [-0.3, -0.25) is 9.63 Å². The molecule has 0 saturated heterocycles. The zero-order valence-electron chi connectivity index (χ0n) is 18.3. The molecule has 156 valence electrons. The maximum absolute atomic E-state index is 12.9. The van der Waals surface area contributed by atoms with E-state index in [4.69, 9.17) is 9.57 Å². The van der Waals surface area contributed by atoms with E-state index >= 15 is 0 Å².